The standard InChI is InChI=1S/C22H24N2O3S/c25-22(19-7-2-1-3-8-19)17-23-12-14-24(15-13-23)28(26,27)21-11-10-18-6-4-5-9-20(18)16-21/h1-11,16,22,25H,12-15,17H2/t22-/m1/s1. The van der Waals surface area contributed by atoms with Gasteiger partial charge in [0, 0.05) is 32.7 Å². The molecule has 0 saturated carbocycles. The highest BCUT2D eigenvalue weighted by atomic mass is 32.2. The molecule has 1 N–H and O–H groups in total. The molecule has 3 aromatic rings. The Bertz CT molecular complexity index is 1050. The SMILES string of the molecule is O=S(=O)(c1ccc2ccccc2c1)N1CCN(C[C@@H](O)c2ccccc2)CC1. The van der Waals surface area contributed by atoms with E-state index >= 15 is 0 Å². The monoisotopic (exact) mass is 396 g/mol. The highest BCUT2D eigenvalue weighted by Crippen LogP contribution is 2.23. The van der Waals surface area contributed by atoms with E-state index in [1.165, 1.54) is 0 Å². The van der Waals surface area contributed by atoms with Crippen LogP contribution in [0.4, 0.5) is 0 Å². The Balaban J connectivity index is 1.42. The van der Waals surface area contributed by atoms with Gasteiger partial charge in [0.25, 0.3) is 0 Å². The summed E-state index contributed by atoms with van der Waals surface area (Å²) in [7, 11) is -3.51. The van der Waals surface area contributed by atoms with Crippen molar-refractivity contribution in [3.63, 3.8) is 0 Å². The first kappa shape index (κ1) is 19.1. The molecule has 1 saturated heterocycles. The molecule has 0 aromatic heterocycles. The van der Waals surface area contributed by atoms with Gasteiger partial charge in [-0.15, -0.1) is 0 Å². The first-order valence-corrected chi connectivity index (χ1v) is 10.9. The van der Waals surface area contributed by atoms with Crippen LogP contribution in [0.3, 0.4) is 0 Å². The molecule has 1 aliphatic heterocycles. The third-order valence-corrected chi connectivity index (χ3v) is 7.20. The van der Waals surface area contributed by atoms with Crippen LogP contribution in [0.25, 0.3) is 10.8 Å². The first-order valence-electron chi connectivity index (χ1n) is 9.48. The zero-order chi connectivity index (χ0) is 19.6. The molecule has 6 heteroatoms. The van der Waals surface area contributed by atoms with Crippen molar-refractivity contribution in [3.05, 3.63) is 78.4 Å². The van der Waals surface area contributed by atoms with Gasteiger partial charge >= 0.3 is 0 Å². The molecule has 0 spiro atoms. The van der Waals surface area contributed by atoms with Crippen LogP contribution >= 0.6 is 0 Å². The van der Waals surface area contributed by atoms with Crippen LogP contribution in [0.5, 0.6) is 0 Å². The summed E-state index contributed by atoms with van der Waals surface area (Å²) in [6.07, 6.45) is -0.565. The van der Waals surface area contributed by atoms with E-state index in [2.05, 4.69) is 4.90 Å². The number of piperazine rings is 1. The molecule has 146 valence electrons. The Kier molecular flexibility index (Phi) is 5.46. The second-order valence-corrected chi connectivity index (χ2v) is 9.08. The van der Waals surface area contributed by atoms with E-state index in [0.717, 1.165) is 16.3 Å². The lowest BCUT2D eigenvalue weighted by molar-refractivity contribution is 0.0921. The number of aliphatic hydroxyl groups is 1. The summed E-state index contributed by atoms with van der Waals surface area (Å²) >= 11 is 0. The Labute approximate surface area is 165 Å². The number of rotatable bonds is 5. The summed E-state index contributed by atoms with van der Waals surface area (Å²) in [5.74, 6) is 0. The number of hydrogen-bond acceptors (Lipinski definition) is 4. The van der Waals surface area contributed by atoms with Crippen LogP contribution < -0.4 is 0 Å². The molecule has 0 radical (unpaired) electrons. The fourth-order valence-corrected chi connectivity index (χ4v) is 5.11. The summed E-state index contributed by atoms with van der Waals surface area (Å²) in [6, 6.07) is 22.6. The predicted octanol–water partition coefficient (Wildman–Crippen LogP) is 2.88. The Hall–Kier alpha value is -2.25. The molecule has 1 heterocycles. The molecular weight excluding hydrogens is 372 g/mol. The smallest absolute Gasteiger partial charge is 0.243 e. The maximum atomic E-state index is 13.0. The zero-order valence-electron chi connectivity index (χ0n) is 15.6. The third kappa shape index (κ3) is 3.95. The van der Waals surface area contributed by atoms with Gasteiger partial charge in [0.1, 0.15) is 0 Å². The highest BCUT2D eigenvalue weighted by molar-refractivity contribution is 7.89. The average Bonchev–Trinajstić information content (AvgIpc) is 2.74. The van der Waals surface area contributed by atoms with Gasteiger partial charge in [0.05, 0.1) is 11.0 Å². The van der Waals surface area contributed by atoms with Gasteiger partial charge in [0.15, 0.2) is 0 Å². The minimum absolute atomic E-state index is 0.337. The Morgan fingerprint density at radius 2 is 1.46 bits per heavy atom. The van der Waals surface area contributed by atoms with Gasteiger partial charge in [0.2, 0.25) is 10.0 Å². The van der Waals surface area contributed by atoms with Gasteiger partial charge in [-0.2, -0.15) is 4.31 Å². The van der Waals surface area contributed by atoms with Crippen LogP contribution in [0.15, 0.2) is 77.7 Å². The summed E-state index contributed by atoms with van der Waals surface area (Å²) in [5.41, 5.74) is 0.883. The largest absolute Gasteiger partial charge is 0.387 e. The van der Waals surface area contributed by atoms with Crippen molar-refractivity contribution in [2.24, 2.45) is 0 Å². The van der Waals surface area contributed by atoms with E-state index in [9.17, 15) is 13.5 Å². The number of benzene rings is 3. The molecular formula is C22H24N2O3S. The second-order valence-electron chi connectivity index (χ2n) is 7.14. The molecule has 4 rings (SSSR count). The van der Waals surface area contributed by atoms with E-state index in [-0.39, 0.29) is 0 Å². The number of sulfonamides is 1. The lowest BCUT2D eigenvalue weighted by atomic mass is 10.1. The second kappa shape index (κ2) is 8.01. The van der Waals surface area contributed by atoms with E-state index < -0.39 is 16.1 Å². The topological polar surface area (TPSA) is 60.9 Å². The van der Waals surface area contributed by atoms with Gasteiger partial charge < -0.3 is 5.11 Å². The molecule has 1 atom stereocenters. The van der Waals surface area contributed by atoms with Crippen molar-refractivity contribution in [1.82, 2.24) is 9.21 Å². The normalized spacial score (nSPS) is 17.6. The number of aliphatic hydroxyl groups excluding tert-OH is 1. The number of hydrogen-bond donors (Lipinski definition) is 1. The maximum absolute atomic E-state index is 13.0. The lowest BCUT2D eigenvalue weighted by Crippen LogP contribution is -2.49. The summed E-state index contributed by atoms with van der Waals surface area (Å²) in [5, 5.41) is 12.4. The van der Waals surface area contributed by atoms with Crippen LogP contribution in [-0.2, 0) is 10.0 Å². The van der Waals surface area contributed by atoms with Crippen LogP contribution in [0, 0.1) is 0 Å². The van der Waals surface area contributed by atoms with Crippen LogP contribution in [0.2, 0.25) is 0 Å². The maximum Gasteiger partial charge on any atom is 0.243 e. The number of β-amino-alcohol motifs (C(OH)–C–C–N with tert-alkyl or cyclic N) is 1. The summed E-state index contributed by atoms with van der Waals surface area (Å²) < 4.78 is 27.6. The van der Waals surface area contributed by atoms with Crippen LogP contribution in [0.1, 0.15) is 11.7 Å². The molecule has 0 aliphatic carbocycles. The van der Waals surface area contributed by atoms with Gasteiger partial charge in [-0.1, -0.05) is 60.7 Å². The molecule has 1 fully saturated rings. The molecule has 28 heavy (non-hydrogen) atoms. The van der Waals surface area contributed by atoms with E-state index in [1.807, 2.05) is 60.7 Å². The average molecular weight is 397 g/mol. The molecule has 1 aliphatic rings. The first-order chi connectivity index (χ1) is 13.5. The number of fused-ring (bicyclic) bond motifs is 1. The predicted molar refractivity (Wildman–Crippen MR) is 111 cm³/mol. The minimum atomic E-state index is -3.51. The number of nitrogens with zero attached hydrogens (tertiary/aromatic N) is 2. The molecule has 0 unspecified atom stereocenters. The van der Waals surface area contributed by atoms with Crippen LogP contribution in [-0.4, -0.2) is 55.5 Å². The van der Waals surface area contributed by atoms with Gasteiger partial charge in [-0.25, -0.2) is 8.42 Å². The van der Waals surface area contributed by atoms with Crippen molar-refractivity contribution < 1.29 is 13.5 Å². The third-order valence-electron chi connectivity index (χ3n) is 5.31. The van der Waals surface area contributed by atoms with Crippen molar-refractivity contribution >= 4 is 20.8 Å². The zero-order valence-corrected chi connectivity index (χ0v) is 16.4. The summed E-state index contributed by atoms with van der Waals surface area (Å²) in [6.45, 7) is 2.58. The van der Waals surface area contributed by atoms with Crippen molar-refractivity contribution in [2.75, 3.05) is 32.7 Å². The molecule has 0 bridgehead atoms. The molecule has 5 nitrogen and oxygen atoms in total. The Morgan fingerprint density at radius 3 is 2.18 bits per heavy atom. The van der Waals surface area contributed by atoms with E-state index in [1.54, 1.807) is 16.4 Å². The Morgan fingerprint density at radius 1 is 0.821 bits per heavy atom. The highest BCUT2D eigenvalue weighted by Gasteiger charge is 2.29. The fraction of sp³-hybridized carbons (Fsp3) is 0.273. The summed E-state index contributed by atoms with van der Waals surface area (Å²) in [4.78, 5) is 2.45. The minimum Gasteiger partial charge on any atom is -0.387 e. The van der Waals surface area contributed by atoms with E-state index in [4.69, 9.17) is 0 Å². The quantitative estimate of drug-likeness (QED) is 0.720. The fourth-order valence-electron chi connectivity index (χ4n) is 3.65. The van der Waals surface area contributed by atoms with Crippen molar-refractivity contribution in [2.45, 2.75) is 11.0 Å². The van der Waals surface area contributed by atoms with Gasteiger partial charge in [-0.05, 0) is 28.5 Å². The van der Waals surface area contributed by atoms with E-state index in [0.29, 0.717) is 37.6 Å². The molecule has 0 amide bonds. The van der Waals surface area contributed by atoms with Crippen molar-refractivity contribution in [3.8, 4) is 0 Å². The lowest BCUT2D eigenvalue weighted by Gasteiger charge is -2.35. The van der Waals surface area contributed by atoms with Gasteiger partial charge in [-0.3, -0.25) is 4.90 Å². The molecule has 3 aromatic carbocycles. The van der Waals surface area contributed by atoms with Crippen molar-refractivity contribution in [1.29, 1.82) is 0 Å².